The number of nitrogens with one attached hydrogen (secondary N) is 1. The van der Waals surface area contributed by atoms with Gasteiger partial charge in [0.15, 0.2) is 0 Å². The first-order chi connectivity index (χ1) is 13.2. The van der Waals surface area contributed by atoms with Crippen molar-refractivity contribution in [2.75, 3.05) is 55.4 Å². The molecule has 146 valence electrons. The lowest BCUT2D eigenvalue weighted by Crippen LogP contribution is -2.37. The summed E-state index contributed by atoms with van der Waals surface area (Å²) in [6.07, 6.45) is 1.52. The van der Waals surface area contributed by atoms with Crippen molar-refractivity contribution in [3.8, 4) is 5.95 Å². The fraction of sp³-hybridized carbons (Fsp3) is 0.600. The lowest BCUT2D eigenvalue weighted by Gasteiger charge is -2.27. The summed E-state index contributed by atoms with van der Waals surface area (Å²) in [6.45, 7) is 7.47. The Kier molecular flexibility index (Phi) is 6.76. The molecule has 0 bridgehead atoms. The Labute approximate surface area is 160 Å². The average molecular weight is 394 g/mol. The van der Waals surface area contributed by atoms with E-state index in [2.05, 4.69) is 30.4 Å². The van der Waals surface area contributed by atoms with Gasteiger partial charge in [0, 0.05) is 19.6 Å². The van der Waals surface area contributed by atoms with Gasteiger partial charge in [-0.05, 0) is 13.8 Å². The number of nitrogens with zero attached hydrogens (tertiary/aromatic N) is 7. The molecule has 0 radical (unpaired) electrons. The number of carbonyl (C=O) groups is 1. The molecule has 0 atom stereocenters. The van der Waals surface area contributed by atoms with Gasteiger partial charge in [0.05, 0.1) is 25.6 Å². The normalized spacial score (nSPS) is 14.2. The lowest BCUT2D eigenvalue weighted by molar-refractivity contribution is -0.139. The number of hydrogen-bond donors (Lipinski definition) is 1. The summed E-state index contributed by atoms with van der Waals surface area (Å²) in [4.78, 5) is 31.1. The number of aromatic nitrogens is 6. The van der Waals surface area contributed by atoms with Gasteiger partial charge < -0.3 is 19.7 Å². The maximum Gasteiger partial charge on any atom is 0.316 e. The Morgan fingerprint density at radius 2 is 2.04 bits per heavy atom. The molecule has 27 heavy (non-hydrogen) atoms. The van der Waals surface area contributed by atoms with Crippen LogP contribution in [-0.2, 0) is 14.3 Å². The summed E-state index contributed by atoms with van der Waals surface area (Å²) in [5.74, 6) is 1.24. The SMILES string of the molecule is CCNc1nc(N2CCOCC2)nc(-n2cnc(SCC(=O)OCC)n2)n1. The number of ether oxygens (including phenoxy) is 2. The molecule has 1 saturated heterocycles. The topological polar surface area (TPSA) is 120 Å². The summed E-state index contributed by atoms with van der Waals surface area (Å²) >= 11 is 1.20. The van der Waals surface area contributed by atoms with Crippen LogP contribution in [0.3, 0.4) is 0 Å². The molecule has 2 aromatic heterocycles. The van der Waals surface area contributed by atoms with Crippen LogP contribution in [0.5, 0.6) is 0 Å². The number of morpholine rings is 1. The maximum atomic E-state index is 11.5. The minimum atomic E-state index is -0.303. The quantitative estimate of drug-likeness (QED) is 0.494. The third kappa shape index (κ3) is 5.26. The Bertz CT molecular complexity index is 765. The second-order valence-electron chi connectivity index (χ2n) is 5.45. The van der Waals surface area contributed by atoms with Crippen LogP contribution in [0.1, 0.15) is 13.8 Å². The van der Waals surface area contributed by atoms with E-state index in [9.17, 15) is 4.79 Å². The van der Waals surface area contributed by atoms with Gasteiger partial charge in [0.25, 0.3) is 5.95 Å². The number of rotatable bonds is 8. The van der Waals surface area contributed by atoms with Crippen LogP contribution in [-0.4, -0.2) is 80.9 Å². The third-order valence-electron chi connectivity index (χ3n) is 3.54. The van der Waals surface area contributed by atoms with Crippen LogP contribution < -0.4 is 10.2 Å². The Morgan fingerprint density at radius 1 is 1.26 bits per heavy atom. The molecule has 12 heteroatoms. The van der Waals surface area contributed by atoms with Gasteiger partial charge in [-0.1, -0.05) is 11.8 Å². The molecule has 11 nitrogen and oxygen atoms in total. The minimum absolute atomic E-state index is 0.150. The highest BCUT2D eigenvalue weighted by molar-refractivity contribution is 7.99. The Balaban J connectivity index is 1.78. The molecule has 0 spiro atoms. The first kappa shape index (κ1) is 19.3. The van der Waals surface area contributed by atoms with E-state index >= 15 is 0 Å². The van der Waals surface area contributed by atoms with E-state index in [4.69, 9.17) is 9.47 Å². The van der Waals surface area contributed by atoms with E-state index in [1.807, 2.05) is 11.8 Å². The minimum Gasteiger partial charge on any atom is -0.465 e. The van der Waals surface area contributed by atoms with Gasteiger partial charge in [0.2, 0.25) is 17.1 Å². The highest BCUT2D eigenvalue weighted by atomic mass is 32.2. The van der Waals surface area contributed by atoms with Crippen LogP contribution >= 0.6 is 11.8 Å². The van der Waals surface area contributed by atoms with Crippen LogP contribution in [0.25, 0.3) is 5.95 Å². The zero-order chi connectivity index (χ0) is 19.1. The predicted molar refractivity (Wildman–Crippen MR) is 99.3 cm³/mol. The Morgan fingerprint density at radius 3 is 2.78 bits per heavy atom. The fourth-order valence-electron chi connectivity index (χ4n) is 2.33. The smallest absolute Gasteiger partial charge is 0.316 e. The van der Waals surface area contributed by atoms with Crippen molar-refractivity contribution in [2.24, 2.45) is 0 Å². The van der Waals surface area contributed by atoms with Gasteiger partial charge in [0.1, 0.15) is 6.33 Å². The molecule has 0 unspecified atom stereocenters. The fourth-order valence-corrected chi connectivity index (χ4v) is 2.93. The molecule has 3 heterocycles. The zero-order valence-corrected chi connectivity index (χ0v) is 16.1. The molecule has 1 aliphatic rings. The highest BCUT2D eigenvalue weighted by Crippen LogP contribution is 2.17. The molecular weight excluding hydrogens is 372 g/mol. The molecule has 2 aromatic rings. The van der Waals surface area contributed by atoms with E-state index in [-0.39, 0.29) is 11.7 Å². The zero-order valence-electron chi connectivity index (χ0n) is 15.3. The van der Waals surface area contributed by atoms with E-state index in [0.717, 1.165) is 0 Å². The van der Waals surface area contributed by atoms with Crippen LogP contribution in [0.2, 0.25) is 0 Å². The van der Waals surface area contributed by atoms with Crippen molar-refractivity contribution in [1.82, 2.24) is 29.7 Å². The summed E-state index contributed by atoms with van der Waals surface area (Å²) in [5, 5.41) is 7.89. The molecular formula is C15H22N8O3S. The molecule has 3 rings (SSSR count). The number of thioether (sulfide) groups is 1. The second kappa shape index (κ2) is 9.46. The van der Waals surface area contributed by atoms with Crippen molar-refractivity contribution in [2.45, 2.75) is 19.0 Å². The van der Waals surface area contributed by atoms with Crippen molar-refractivity contribution < 1.29 is 14.3 Å². The van der Waals surface area contributed by atoms with Crippen LogP contribution in [0.15, 0.2) is 11.5 Å². The van der Waals surface area contributed by atoms with Gasteiger partial charge in [-0.15, -0.1) is 5.10 Å². The summed E-state index contributed by atoms with van der Waals surface area (Å²) in [7, 11) is 0. The molecule has 0 saturated carbocycles. The second-order valence-corrected chi connectivity index (χ2v) is 6.40. The molecule has 1 aliphatic heterocycles. The molecule has 1 fully saturated rings. The maximum absolute atomic E-state index is 11.5. The van der Waals surface area contributed by atoms with Gasteiger partial charge in [-0.25, -0.2) is 4.98 Å². The first-order valence-electron chi connectivity index (χ1n) is 8.72. The lowest BCUT2D eigenvalue weighted by atomic mass is 10.4. The van der Waals surface area contributed by atoms with Crippen molar-refractivity contribution in [3.63, 3.8) is 0 Å². The number of carbonyl (C=O) groups excluding carboxylic acids is 1. The highest BCUT2D eigenvalue weighted by Gasteiger charge is 2.18. The summed E-state index contributed by atoms with van der Waals surface area (Å²) in [5.41, 5.74) is 0. The van der Waals surface area contributed by atoms with Gasteiger partial charge in [-0.2, -0.15) is 19.6 Å². The number of esters is 1. The molecule has 1 N–H and O–H groups in total. The van der Waals surface area contributed by atoms with Gasteiger partial charge in [-0.3, -0.25) is 4.79 Å². The number of anilines is 2. The van der Waals surface area contributed by atoms with E-state index < -0.39 is 0 Å². The first-order valence-corrected chi connectivity index (χ1v) is 9.71. The van der Waals surface area contributed by atoms with Crippen molar-refractivity contribution in [1.29, 1.82) is 0 Å². The van der Waals surface area contributed by atoms with Gasteiger partial charge >= 0.3 is 5.97 Å². The standard InChI is InChI=1S/C15H22N8O3S/c1-3-16-12-18-13(22-5-7-25-8-6-22)20-14(19-12)23-10-17-15(21-23)27-9-11(24)26-4-2/h10H,3-9H2,1-2H3,(H,16,18,19,20). The van der Waals surface area contributed by atoms with E-state index in [1.165, 1.54) is 22.8 Å². The summed E-state index contributed by atoms with van der Waals surface area (Å²) < 4.78 is 11.8. The average Bonchev–Trinajstić information content (AvgIpc) is 3.17. The monoisotopic (exact) mass is 394 g/mol. The third-order valence-corrected chi connectivity index (χ3v) is 4.37. The number of hydrogen-bond acceptors (Lipinski definition) is 11. The molecule has 0 aromatic carbocycles. The largest absolute Gasteiger partial charge is 0.465 e. The van der Waals surface area contributed by atoms with Crippen LogP contribution in [0, 0.1) is 0 Å². The van der Waals surface area contributed by atoms with Crippen molar-refractivity contribution >= 4 is 29.6 Å². The molecule has 0 amide bonds. The Hall–Kier alpha value is -2.47. The van der Waals surface area contributed by atoms with Crippen LogP contribution in [0.4, 0.5) is 11.9 Å². The van der Waals surface area contributed by atoms with E-state index in [0.29, 0.717) is 62.5 Å². The molecule has 0 aliphatic carbocycles. The summed E-state index contributed by atoms with van der Waals surface area (Å²) in [6, 6.07) is 0. The van der Waals surface area contributed by atoms with E-state index in [1.54, 1.807) is 6.92 Å². The van der Waals surface area contributed by atoms with Crippen molar-refractivity contribution in [3.05, 3.63) is 6.33 Å². The predicted octanol–water partition coefficient (Wildman–Crippen LogP) is 0.376.